The molecule has 0 saturated carbocycles. The molecule has 1 aliphatic rings. The van der Waals surface area contributed by atoms with Crippen LogP contribution in [-0.4, -0.2) is 40.5 Å². The molecule has 19 heavy (non-hydrogen) atoms. The van der Waals surface area contributed by atoms with E-state index < -0.39 is 0 Å². The highest BCUT2D eigenvalue weighted by Crippen LogP contribution is 2.22. The van der Waals surface area contributed by atoms with Crippen molar-refractivity contribution >= 4 is 17.4 Å². The minimum absolute atomic E-state index is 0.324. The molecule has 1 aromatic rings. The predicted octanol–water partition coefficient (Wildman–Crippen LogP) is 2.91. The van der Waals surface area contributed by atoms with E-state index in [1.54, 1.807) is 6.20 Å². The van der Waals surface area contributed by atoms with Gasteiger partial charge in [-0.3, -0.25) is 0 Å². The van der Waals surface area contributed by atoms with Crippen molar-refractivity contribution in [1.29, 1.82) is 0 Å². The SMILES string of the molecule is CC1CC(C)CN(CC(C)Nc2ncncc2Cl)C1. The van der Waals surface area contributed by atoms with Crippen molar-refractivity contribution < 1.29 is 0 Å². The summed E-state index contributed by atoms with van der Waals surface area (Å²) in [6.07, 6.45) is 4.48. The Labute approximate surface area is 120 Å². The highest BCUT2D eigenvalue weighted by molar-refractivity contribution is 6.32. The monoisotopic (exact) mass is 282 g/mol. The van der Waals surface area contributed by atoms with Crippen molar-refractivity contribution in [1.82, 2.24) is 14.9 Å². The third-order valence-electron chi connectivity index (χ3n) is 3.53. The van der Waals surface area contributed by atoms with Crippen LogP contribution in [0.5, 0.6) is 0 Å². The van der Waals surface area contributed by atoms with Crippen molar-refractivity contribution in [2.45, 2.75) is 33.2 Å². The van der Waals surface area contributed by atoms with Crippen LogP contribution in [0.1, 0.15) is 27.2 Å². The molecule has 0 amide bonds. The van der Waals surface area contributed by atoms with Crippen LogP contribution in [0.15, 0.2) is 12.5 Å². The fraction of sp³-hybridized carbons (Fsp3) is 0.714. The summed E-state index contributed by atoms with van der Waals surface area (Å²) in [5.41, 5.74) is 0. The Morgan fingerprint density at radius 3 is 2.74 bits per heavy atom. The summed E-state index contributed by atoms with van der Waals surface area (Å²) in [7, 11) is 0. The van der Waals surface area contributed by atoms with E-state index in [-0.39, 0.29) is 0 Å². The molecule has 5 heteroatoms. The van der Waals surface area contributed by atoms with Gasteiger partial charge in [-0.1, -0.05) is 25.4 Å². The van der Waals surface area contributed by atoms with Gasteiger partial charge in [0.15, 0.2) is 0 Å². The highest BCUT2D eigenvalue weighted by atomic mass is 35.5. The van der Waals surface area contributed by atoms with Crippen LogP contribution in [0.4, 0.5) is 5.82 Å². The number of hydrogen-bond donors (Lipinski definition) is 1. The number of halogens is 1. The Morgan fingerprint density at radius 2 is 2.11 bits per heavy atom. The molecule has 3 atom stereocenters. The minimum atomic E-state index is 0.324. The Balaban J connectivity index is 1.87. The summed E-state index contributed by atoms with van der Waals surface area (Å²) < 4.78 is 0. The zero-order valence-corrected chi connectivity index (χ0v) is 12.7. The molecular weight excluding hydrogens is 260 g/mol. The van der Waals surface area contributed by atoms with Crippen LogP contribution in [-0.2, 0) is 0 Å². The van der Waals surface area contributed by atoms with Crippen molar-refractivity contribution in [3.63, 3.8) is 0 Å². The van der Waals surface area contributed by atoms with E-state index in [0.717, 1.165) is 24.2 Å². The molecule has 1 N–H and O–H groups in total. The first kappa shape index (κ1) is 14.5. The molecule has 1 aliphatic heterocycles. The van der Waals surface area contributed by atoms with Crippen molar-refractivity contribution in [2.75, 3.05) is 25.0 Å². The van der Waals surface area contributed by atoms with Crippen LogP contribution in [0.3, 0.4) is 0 Å². The summed E-state index contributed by atoms with van der Waals surface area (Å²) in [6, 6.07) is 0.324. The largest absolute Gasteiger partial charge is 0.365 e. The Morgan fingerprint density at radius 1 is 1.42 bits per heavy atom. The Bertz CT molecular complexity index is 402. The van der Waals surface area contributed by atoms with Crippen LogP contribution in [0, 0.1) is 11.8 Å². The van der Waals surface area contributed by atoms with Gasteiger partial charge in [0.1, 0.15) is 17.2 Å². The van der Waals surface area contributed by atoms with Crippen molar-refractivity contribution in [3.05, 3.63) is 17.5 Å². The topological polar surface area (TPSA) is 41.0 Å². The molecular formula is C14H23ClN4. The second kappa shape index (κ2) is 6.53. The van der Waals surface area contributed by atoms with Gasteiger partial charge in [0.2, 0.25) is 0 Å². The standard InChI is InChI=1S/C14H23ClN4/c1-10-4-11(2)7-19(6-10)8-12(3)18-14-13(15)5-16-9-17-14/h5,9-12H,4,6-8H2,1-3H3,(H,16,17,18). The van der Waals surface area contributed by atoms with Gasteiger partial charge in [0.25, 0.3) is 0 Å². The zero-order chi connectivity index (χ0) is 13.8. The molecule has 3 unspecified atom stereocenters. The van der Waals surface area contributed by atoms with Crippen LogP contribution in [0.2, 0.25) is 5.02 Å². The molecule has 0 spiro atoms. The predicted molar refractivity (Wildman–Crippen MR) is 79.5 cm³/mol. The van der Waals surface area contributed by atoms with E-state index in [0.29, 0.717) is 11.1 Å². The smallest absolute Gasteiger partial charge is 0.148 e. The molecule has 1 saturated heterocycles. The van der Waals surface area contributed by atoms with Gasteiger partial charge in [-0.2, -0.15) is 0 Å². The average molecular weight is 283 g/mol. The second-order valence-corrected chi connectivity index (χ2v) is 6.34. The van der Waals surface area contributed by atoms with Crippen molar-refractivity contribution in [3.8, 4) is 0 Å². The number of aromatic nitrogens is 2. The molecule has 1 fully saturated rings. The van der Waals surface area contributed by atoms with E-state index >= 15 is 0 Å². The van der Waals surface area contributed by atoms with Gasteiger partial charge >= 0.3 is 0 Å². The molecule has 4 nitrogen and oxygen atoms in total. The van der Waals surface area contributed by atoms with Gasteiger partial charge in [0.05, 0.1) is 6.20 Å². The van der Waals surface area contributed by atoms with Crippen molar-refractivity contribution in [2.24, 2.45) is 11.8 Å². The highest BCUT2D eigenvalue weighted by Gasteiger charge is 2.22. The summed E-state index contributed by atoms with van der Waals surface area (Å²) >= 11 is 6.06. The maximum atomic E-state index is 6.06. The molecule has 2 rings (SSSR count). The van der Waals surface area contributed by atoms with Gasteiger partial charge < -0.3 is 10.2 Å². The normalized spacial score (nSPS) is 26.1. The zero-order valence-electron chi connectivity index (χ0n) is 11.9. The molecule has 0 radical (unpaired) electrons. The van der Waals surface area contributed by atoms with Crippen LogP contribution < -0.4 is 5.32 Å². The van der Waals surface area contributed by atoms with Crippen LogP contribution >= 0.6 is 11.6 Å². The lowest BCUT2D eigenvalue weighted by Gasteiger charge is -2.36. The lowest BCUT2D eigenvalue weighted by atomic mass is 9.92. The maximum absolute atomic E-state index is 6.06. The Hall–Kier alpha value is -0.870. The molecule has 0 aromatic carbocycles. The number of nitrogens with zero attached hydrogens (tertiary/aromatic N) is 3. The fourth-order valence-corrected chi connectivity index (χ4v) is 3.19. The third kappa shape index (κ3) is 4.32. The summed E-state index contributed by atoms with van der Waals surface area (Å²) in [5, 5.41) is 3.94. The second-order valence-electron chi connectivity index (χ2n) is 5.93. The summed E-state index contributed by atoms with van der Waals surface area (Å²) in [4.78, 5) is 10.6. The summed E-state index contributed by atoms with van der Waals surface area (Å²) in [5.74, 6) is 2.31. The van der Waals surface area contributed by atoms with E-state index in [1.165, 1.54) is 25.8 Å². The molecule has 106 valence electrons. The number of nitrogens with one attached hydrogen (secondary N) is 1. The molecule has 0 bridgehead atoms. The third-order valence-corrected chi connectivity index (χ3v) is 3.80. The number of piperidine rings is 1. The number of likely N-dealkylation sites (tertiary alicyclic amines) is 1. The first-order valence-electron chi connectivity index (χ1n) is 6.99. The first-order chi connectivity index (χ1) is 9.04. The van der Waals surface area contributed by atoms with E-state index in [1.807, 2.05) is 0 Å². The van der Waals surface area contributed by atoms with Crippen LogP contribution in [0.25, 0.3) is 0 Å². The number of rotatable bonds is 4. The van der Waals surface area contributed by atoms with E-state index in [2.05, 4.69) is 41.0 Å². The van der Waals surface area contributed by atoms with Gasteiger partial charge in [-0.05, 0) is 25.2 Å². The lowest BCUT2D eigenvalue weighted by Crippen LogP contribution is -2.43. The number of hydrogen-bond acceptors (Lipinski definition) is 4. The van der Waals surface area contributed by atoms with Gasteiger partial charge in [-0.25, -0.2) is 9.97 Å². The maximum Gasteiger partial charge on any atom is 0.148 e. The lowest BCUT2D eigenvalue weighted by molar-refractivity contribution is 0.138. The quantitative estimate of drug-likeness (QED) is 0.922. The van der Waals surface area contributed by atoms with Gasteiger partial charge in [0, 0.05) is 25.7 Å². The minimum Gasteiger partial charge on any atom is -0.365 e. The Kier molecular flexibility index (Phi) is 4.99. The first-order valence-corrected chi connectivity index (χ1v) is 7.36. The molecule has 1 aromatic heterocycles. The average Bonchev–Trinajstić information content (AvgIpc) is 2.30. The van der Waals surface area contributed by atoms with Gasteiger partial charge in [-0.15, -0.1) is 0 Å². The molecule has 2 heterocycles. The summed E-state index contributed by atoms with van der Waals surface area (Å²) in [6.45, 7) is 10.2. The molecule has 0 aliphatic carbocycles. The number of anilines is 1. The fourth-order valence-electron chi connectivity index (χ4n) is 3.03. The van der Waals surface area contributed by atoms with E-state index in [4.69, 9.17) is 11.6 Å². The van der Waals surface area contributed by atoms with E-state index in [9.17, 15) is 0 Å².